The molecule has 2 aromatic rings. The molecule has 2 N–H and O–H groups in total. The van der Waals surface area contributed by atoms with Crippen LogP contribution in [0.2, 0.25) is 5.02 Å². The van der Waals surface area contributed by atoms with Crippen molar-refractivity contribution in [3.8, 4) is 0 Å². The van der Waals surface area contributed by atoms with Gasteiger partial charge in [0.15, 0.2) is 5.16 Å². The number of benzene rings is 1. The number of halogens is 1. The third-order valence-corrected chi connectivity index (χ3v) is 3.42. The Labute approximate surface area is 116 Å². The third-order valence-electron chi connectivity index (χ3n) is 2.26. The first kappa shape index (κ1) is 13.3. The highest BCUT2D eigenvalue weighted by atomic mass is 35.5. The van der Waals surface area contributed by atoms with Crippen LogP contribution in [0.1, 0.15) is 12.5 Å². The lowest BCUT2D eigenvalue weighted by Crippen LogP contribution is -2.17. The van der Waals surface area contributed by atoms with Gasteiger partial charge in [0.2, 0.25) is 0 Å². The molecular weight excluding hydrogens is 266 g/mol. The Bertz CT molecular complexity index is 497. The van der Waals surface area contributed by atoms with Crippen LogP contribution in [0, 0.1) is 0 Å². The maximum atomic E-state index is 5.83. The van der Waals surface area contributed by atoms with Crippen molar-refractivity contribution in [3.05, 3.63) is 47.2 Å². The van der Waals surface area contributed by atoms with Crippen molar-refractivity contribution >= 4 is 23.4 Å². The largest absolute Gasteiger partial charge is 0.328 e. The zero-order valence-electron chi connectivity index (χ0n) is 10.0. The van der Waals surface area contributed by atoms with E-state index in [9.17, 15) is 0 Å². The molecular formula is C13H14ClN3S. The molecule has 0 bridgehead atoms. The van der Waals surface area contributed by atoms with E-state index in [4.69, 9.17) is 17.3 Å². The summed E-state index contributed by atoms with van der Waals surface area (Å²) in [6, 6.07) is 7.74. The maximum Gasteiger partial charge on any atom is 0.192 e. The van der Waals surface area contributed by atoms with E-state index in [1.807, 2.05) is 43.6 Å². The zero-order chi connectivity index (χ0) is 13.0. The normalized spacial score (nSPS) is 12.4. The van der Waals surface area contributed by atoms with Crippen LogP contribution in [0.15, 0.2) is 46.7 Å². The minimum absolute atomic E-state index is 0.128. The van der Waals surface area contributed by atoms with Gasteiger partial charge in [0.25, 0.3) is 0 Å². The molecule has 1 heterocycles. The first-order valence-corrected chi connectivity index (χ1v) is 6.83. The van der Waals surface area contributed by atoms with E-state index in [2.05, 4.69) is 9.97 Å². The minimum Gasteiger partial charge on any atom is -0.328 e. The summed E-state index contributed by atoms with van der Waals surface area (Å²) in [5.41, 5.74) is 6.79. The number of hydrogen-bond donors (Lipinski definition) is 1. The van der Waals surface area contributed by atoms with Gasteiger partial charge >= 0.3 is 0 Å². The summed E-state index contributed by atoms with van der Waals surface area (Å²) in [4.78, 5) is 9.69. The Morgan fingerprint density at radius 1 is 1.22 bits per heavy atom. The quantitative estimate of drug-likeness (QED) is 0.874. The second-order valence-electron chi connectivity index (χ2n) is 4.11. The van der Waals surface area contributed by atoms with Gasteiger partial charge in [0, 0.05) is 28.4 Å². The summed E-state index contributed by atoms with van der Waals surface area (Å²) < 4.78 is 0. The number of aromatic nitrogens is 2. The van der Waals surface area contributed by atoms with Gasteiger partial charge in [-0.1, -0.05) is 11.6 Å². The van der Waals surface area contributed by atoms with Crippen LogP contribution < -0.4 is 5.73 Å². The lowest BCUT2D eigenvalue weighted by atomic mass is 10.1. The molecule has 5 heteroatoms. The van der Waals surface area contributed by atoms with Crippen LogP contribution in [0.3, 0.4) is 0 Å². The van der Waals surface area contributed by atoms with Gasteiger partial charge in [-0.3, -0.25) is 0 Å². The highest BCUT2D eigenvalue weighted by Crippen LogP contribution is 2.25. The van der Waals surface area contributed by atoms with Crippen molar-refractivity contribution in [1.29, 1.82) is 0 Å². The zero-order valence-corrected chi connectivity index (χ0v) is 11.6. The van der Waals surface area contributed by atoms with Crippen LogP contribution in [-0.4, -0.2) is 16.0 Å². The molecule has 0 saturated carbocycles. The van der Waals surface area contributed by atoms with Gasteiger partial charge in [0.05, 0.1) is 0 Å². The Morgan fingerprint density at radius 3 is 2.39 bits per heavy atom. The molecule has 0 saturated heterocycles. The molecule has 0 aliphatic carbocycles. The first-order valence-electron chi connectivity index (χ1n) is 5.63. The van der Waals surface area contributed by atoms with Gasteiger partial charge in [-0.15, -0.1) is 0 Å². The average Bonchev–Trinajstić information content (AvgIpc) is 2.34. The summed E-state index contributed by atoms with van der Waals surface area (Å²) >= 11 is 7.34. The fourth-order valence-electron chi connectivity index (χ4n) is 1.48. The third kappa shape index (κ3) is 3.98. The number of rotatable bonds is 4. The van der Waals surface area contributed by atoms with Crippen molar-refractivity contribution in [3.63, 3.8) is 0 Å². The topological polar surface area (TPSA) is 51.8 Å². The second-order valence-corrected chi connectivity index (χ2v) is 5.59. The SMILES string of the molecule is CC(N)Cc1cnc(Sc2ccc(Cl)cc2)nc1. The summed E-state index contributed by atoms with van der Waals surface area (Å²) in [5.74, 6) is 0. The van der Waals surface area contributed by atoms with Crippen LogP contribution >= 0.6 is 23.4 Å². The van der Waals surface area contributed by atoms with Gasteiger partial charge < -0.3 is 5.73 Å². The highest BCUT2D eigenvalue weighted by Gasteiger charge is 2.02. The van der Waals surface area contributed by atoms with Crippen molar-refractivity contribution in [2.24, 2.45) is 5.73 Å². The van der Waals surface area contributed by atoms with Gasteiger partial charge in [-0.05, 0) is 54.9 Å². The van der Waals surface area contributed by atoms with E-state index in [1.165, 1.54) is 11.8 Å². The predicted molar refractivity (Wildman–Crippen MR) is 75.0 cm³/mol. The molecule has 3 nitrogen and oxygen atoms in total. The Hall–Kier alpha value is -1.10. The maximum absolute atomic E-state index is 5.83. The smallest absolute Gasteiger partial charge is 0.192 e. The fourth-order valence-corrected chi connectivity index (χ4v) is 2.30. The van der Waals surface area contributed by atoms with E-state index in [0.717, 1.165) is 27.1 Å². The molecule has 1 unspecified atom stereocenters. The van der Waals surface area contributed by atoms with E-state index in [0.29, 0.717) is 0 Å². The lowest BCUT2D eigenvalue weighted by molar-refractivity contribution is 0.727. The van der Waals surface area contributed by atoms with Crippen LogP contribution in [0.25, 0.3) is 0 Å². The van der Waals surface area contributed by atoms with Crippen LogP contribution in [0.4, 0.5) is 0 Å². The molecule has 0 aliphatic rings. The summed E-state index contributed by atoms with van der Waals surface area (Å²) in [7, 11) is 0. The van der Waals surface area contributed by atoms with E-state index < -0.39 is 0 Å². The standard InChI is InChI=1S/C13H14ClN3S/c1-9(15)6-10-7-16-13(17-8-10)18-12-4-2-11(14)3-5-12/h2-5,7-9H,6,15H2,1H3. The molecule has 1 aromatic heterocycles. The summed E-state index contributed by atoms with van der Waals surface area (Å²) in [6.45, 7) is 1.97. The van der Waals surface area contributed by atoms with E-state index >= 15 is 0 Å². The molecule has 2 rings (SSSR count). The second kappa shape index (κ2) is 6.18. The monoisotopic (exact) mass is 279 g/mol. The van der Waals surface area contributed by atoms with E-state index in [1.54, 1.807) is 0 Å². The summed E-state index contributed by atoms with van der Waals surface area (Å²) in [6.07, 6.45) is 4.45. The Balaban J connectivity index is 2.04. The lowest BCUT2D eigenvalue weighted by Gasteiger charge is -2.05. The predicted octanol–water partition coefficient (Wildman–Crippen LogP) is 3.17. The summed E-state index contributed by atoms with van der Waals surface area (Å²) in [5, 5.41) is 1.46. The molecule has 0 amide bonds. The Morgan fingerprint density at radius 2 is 1.83 bits per heavy atom. The number of nitrogens with zero attached hydrogens (tertiary/aromatic N) is 2. The highest BCUT2D eigenvalue weighted by molar-refractivity contribution is 7.99. The molecule has 0 radical (unpaired) electrons. The van der Waals surface area contributed by atoms with Crippen molar-refractivity contribution in [2.75, 3.05) is 0 Å². The van der Waals surface area contributed by atoms with Gasteiger partial charge in [-0.25, -0.2) is 9.97 Å². The average molecular weight is 280 g/mol. The van der Waals surface area contributed by atoms with Crippen LogP contribution in [0.5, 0.6) is 0 Å². The number of hydrogen-bond acceptors (Lipinski definition) is 4. The minimum atomic E-state index is 0.128. The molecule has 1 aromatic carbocycles. The molecule has 1 atom stereocenters. The molecule has 94 valence electrons. The van der Waals surface area contributed by atoms with Crippen molar-refractivity contribution < 1.29 is 0 Å². The first-order chi connectivity index (χ1) is 8.63. The number of nitrogens with two attached hydrogens (primary N) is 1. The fraction of sp³-hybridized carbons (Fsp3) is 0.231. The van der Waals surface area contributed by atoms with Crippen molar-refractivity contribution in [1.82, 2.24) is 9.97 Å². The molecule has 0 aliphatic heterocycles. The van der Waals surface area contributed by atoms with Gasteiger partial charge in [0.1, 0.15) is 0 Å². The molecule has 18 heavy (non-hydrogen) atoms. The van der Waals surface area contributed by atoms with Crippen LogP contribution in [-0.2, 0) is 6.42 Å². The van der Waals surface area contributed by atoms with Crippen molar-refractivity contribution in [2.45, 2.75) is 29.4 Å². The van der Waals surface area contributed by atoms with Gasteiger partial charge in [-0.2, -0.15) is 0 Å². The molecule has 0 spiro atoms. The molecule has 0 fully saturated rings. The Kier molecular flexibility index (Phi) is 4.58. The van der Waals surface area contributed by atoms with E-state index in [-0.39, 0.29) is 6.04 Å².